The lowest BCUT2D eigenvalue weighted by molar-refractivity contribution is -0.135. The second-order valence-corrected chi connectivity index (χ2v) is 8.90. The van der Waals surface area contributed by atoms with Crippen molar-refractivity contribution < 1.29 is 22.7 Å². The first-order valence-electron chi connectivity index (χ1n) is 8.20. The molecule has 0 saturated carbocycles. The molecule has 0 bridgehead atoms. The van der Waals surface area contributed by atoms with Crippen LogP contribution < -0.4 is 10.5 Å². The smallest absolute Gasteiger partial charge is 0.260 e. The number of nitrogens with two attached hydrogens (primary N) is 1. The van der Waals surface area contributed by atoms with Crippen molar-refractivity contribution in [3.05, 3.63) is 29.8 Å². The number of carbonyl (C=O) groups is 2. The largest absolute Gasteiger partial charge is 0.484 e. The summed E-state index contributed by atoms with van der Waals surface area (Å²) in [5, 5.41) is 0. The summed E-state index contributed by atoms with van der Waals surface area (Å²) >= 11 is 0. The minimum absolute atomic E-state index is 0.0127. The van der Waals surface area contributed by atoms with E-state index in [9.17, 15) is 18.0 Å². The minimum Gasteiger partial charge on any atom is -0.484 e. The maximum Gasteiger partial charge on any atom is 0.260 e. The number of benzene rings is 1. The molecule has 2 N–H and O–H groups in total. The van der Waals surface area contributed by atoms with Gasteiger partial charge in [-0.1, -0.05) is 13.8 Å². The number of hydrogen-bond donors (Lipinski definition) is 1. The Morgan fingerprint density at radius 1 is 1.28 bits per heavy atom. The summed E-state index contributed by atoms with van der Waals surface area (Å²) in [5.41, 5.74) is 5.53. The Morgan fingerprint density at radius 2 is 1.92 bits per heavy atom. The summed E-state index contributed by atoms with van der Waals surface area (Å²) in [6.45, 7) is 4.27. The van der Waals surface area contributed by atoms with E-state index >= 15 is 0 Å². The highest BCUT2D eigenvalue weighted by Crippen LogP contribution is 2.20. The predicted octanol–water partition coefficient (Wildman–Crippen LogP) is 0.836. The SMILES string of the molecule is CC(C)CN(C(=O)COc1ccc(C(N)=O)cc1)[C@H]1CCS(=O)(=O)C1. The van der Waals surface area contributed by atoms with Crippen molar-refractivity contribution in [2.75, 3.05) is 24.7 Å². The van der Waals surface area contributed by atoms with Gasteiger partial charge in [0.1, 0.15) is 5.75 Å². The van der Waals surface area contributed by atoms with Gasteiger partial charge < -0.3 is 15.4 Å². The van der Waals surface area contributed by atoms with Crippen molar-refractivity contribution in [1.29, 1.82) is 0 Å². The molecule has 0 aliphatic carbocycles. The number of rotatable bonds is 7. The number of carbonyl (C=O) groups excluding carboxylic acids is 2. The molecule has 1 heterocycles. The third-order valence-corrected chi connectivity index (χ3v) is 5.78. The lowest BCUT2D eigenvalue weighted by Crippen LogP contribution is -2.45. The van der Waals surface area contributed by atoms with Gasteiger partial charge in [-0.3, -0.25) is 9.59 Å². The van der Waals surface area contributed by atoms with Crippen molar-refractivity contribution in [3.63, 3.8) is 0 Å². The van der Waals surface area contributed by atoms with E-state index in [1.54, 1.807) is 17.0 Å². The molecule has 138 valence electrons. The van der Waals surface area contributed by atoms with Gasteiger partial charge in [-0.15, -0.1) is 0 Å². The van der Waals surface area contributed by atoms with Gasteiger partial charge in [0.15, 0.2) is 16.4 Å². The molecule has 1 atom stereocenters. The molecule has 1 saturated heterocycles. The van der Waals surface area contributed by atoms with Crippen LogP contribution in [-0.2, 0) is 14.6 Å². The van der Waals surface area contributed by atoms with Crippen LogP contribution in [0.25, 0.3) is 0 Å². The van der Waals surface area contributed by atoms with Crippen LogP contribution in [0.3, 0.4) is 0 Å². The Hall–Kier alpha value is -2.09. The van der Waals surface area contributed by atoms with Crippen molar-refractivity contribution in [3.8, 4) is 5.75 Å². The molecule has 2 amide bonds. The lowest BCUT2D eigenvalue weighted by atomic mass is 10.1. The van der Waals surface area contributed by atoms with Crippen molar-refractivity contribution >= 4 is 21.7 Å². The van der Waals surface area contributed by atoms with Crippen LogP contribution in [0.4, 0.5) is 0 Å². The van der Waals surface area contributed by atoms with E-state index < -0.39 is 15.7 Å². The number of sulfone groups is 1. The zero-order chi connectivity index (χ0) is 18.6. The van der Waals surface area contributed by atoms with E-state index in [2.05, 4.69) is 0 Å². The molecule has 8 heteroatoms. The van der Waals surface area contributed by atoms with Gasteiger partial charge in [-0.2, -0.15) is 0 Å². The third-order valence-electron chi connectivity index (χ3n) is 4.03. The zero-order valence-electron chi connectivity index (χ0n) is 14.5. The molecule has 0 radical (unpaired) electrons. The number of amides is 2. The predicted molar refractivity (Wildman–Crippen MR) is 94.1 cm³/mol. The number of nitrogens with zero attached hydrogens (tertiary/aromatic N) is 1. The molecule has 7 nitrogen and oxygen atoms in total. The number of ether oxygens (including phenoxy) is 1. The first kappa shape index (κ1) is 19.2. The minimum atomic E-state index is -3.07. The van der Waals surface area contributed by atoms with Crippen LogP contribution in [0, 0.1) is 5.92 Å². The van der Waals surface area contributed by atoms with E-state index in [4.69, 9.17) is 10.5 Å². The molecule has 2 rings (SSSR count). The molecule has 25 heavy (non-hydrogen) atoms. The molecule has 1 fully saturated rings. The van der Waals surface area contributed by atoms with E-state index in [0.29, 0.717) is 24.3 Å². The quantitative estimate of drug-likeness (QED) is 0.767. The zero-order valence-corrected chi connectivity index (χ0v) is 15.3. The van der Waals surface area contributed by atoms with Crippen LogP contribution in [0.5, 0.6) is 5.75 Å². The van der Waals surface area contributed by atoms with Gasteiger partial charge in [0.2, 0.25) is 5.91 Å². The first-order chi connectivity index (χ1) is 11.7. The second kappa shape index (κ2) is 7.86. The van der Waals surface area contributed by atoms with Gasteiger partial charge in [0.05, 0.1) is 11.5 Å². The van der Waals surface area contributed by atoms with E-state index in [1.807, 2.05) is 13.8 Å². The number of primary amides is 1. The maximum absolute atomic E-state index is 12.6. The van der Waals surface area contributed by atoms with Crippen LogP contribution in [0.15, 0.2) is 24.3 Å². The molecule has 0 spiro atoms. The summed E-state index contributed by atoms with van der Waals surface area (Å²) in [7, 11) is -3.07. The van der Waals surface area contributed by atoms with E-state index in [1.165, 1.54) is 12.1 Å². The standard InChI is InChI=1S/C17H24N2O5S/c1-12(2)9-19(14-7-8-25(22,23)11-14)16(20)10-24-15-5-3-13(4-6-15)17(18)21/h3-6,12,14H,7-11H2,1-2H3,(H2,18,21)/t14-/m0/s1. The molecular weight excluding hydrogens is 344 g/mol. The summed E-state index contributed by atoms with van der Waals surface area (Å²) in [6.07, 6.45) is 0.466. The average molecular weight is 368 g/mol. The number of hydrogen-bond acceptors (Lipinski definition) is 5. The first-order valence-corrected chi connectivity index (χ1v) is 10.0. The lowest BCUT2D eigenvalue weighted by Gasteiger charge is -2.29. The summed E-state index contributed by atoms with van der Waals surface area (Å²) in [6, 6.07) is 5.90. The van der Waals surface area contributed by atoms with Gasteiger partial charge in [0, 0.05) is 18.2 Å². The van der Waals surface area contributed by atoms with Crippen molar-refractivity contribution in [2.45, 2.75) is 26.3 Å². The van der Waals surface area contributed by atoms with Gasteiger partial charge in [0.25, 0.3) is 5.91 Å². The summed E-state index contributed by atoms with van der Waals surface area (Å²) < 4.78 is 28.9. The molecule has 0 unspecified atom stereocenters. The fourth-order valence-corrected chi connectivity index (χ4v) is 4.54. The topological polar surface area (TPSA) is 107 Å². The second-order valence-electron chi connectivity index (χ2n) is 6.67. The van der Waals surface area contributed by atoms with Crippen LogP contribution in [-0.4, -0.2) is 55.8 Å². The molecule has 1 aliphatic rings. The van der Waals surface area contributed by atoms with Gasteiger partial charge in [-0.25, -0.2) is 8.42 Å². The van der Waals surface area contributed by atoms with Crippen LogP contribution >= 0.6 is 0 Å². The highest BCUT2D eigenvalue weighted by Gasteiger charge is 2.34. The van der Waals surface area contributed by atoms with Crippen molar-refractivity contribution in [2.24, 2.45) is 11.7 Å². The highest BCUT2D eigenvalue weighted by atomic mass is 32.2. The van der Waals surface area contributed by atoms with E-state index in [-0.39, 0.29) is 36.0 Å². The maximum atomic E-state index is 12.6. The normalized spacial score (nSPS) is 18.9. The molecule has 0 aromatic heterocycles. The molecular formula is C17H24N2O5S. The molecule has 1 aromatic rings. The van der Waals surface area contributed by atoms with Crippen LogP contribution in [0.1, 0.15) is 30.6 Å². The van der Waals surface area contributed by atoms with Gasteiger partial charge in [-0.05, 0) is 36.6 Å². The fraction of sp³-hybridized carbons (Fsp3) is 0.529. The monoisotopic (exact) mass is 368 g/mol. The summed E-state index contributed by atoms with van der Waals surface area (Å²) in [4.78, 5) is 25.2. The third kappa shape index (κ3) is 5.45. The molecule has 1 aliphatic heterocycles. The fourth-order valence-electron chi connectivity index (χ4n) is 2.81. The van der Waals surface area contributed by atoms with E-state index in [0.717, 1.165) is 0 Å². The Bertz CT molecular complexity index is 728. The Kier molecular flexibility index (Phi) is 6.05. The Labute approximate surface area is 148 Å². The highest BCUT2D eigenvalue weighted by molar-refractivity contribution is 7.91. The molecule has 1 aromatic carbocycles. The van der Waals surface area contributed by atoms with Crippen molar-refractivity contribution in [1.82, 2.24) is 4.90 Å². The summed E-state index contributed by atoms with van der Waals surface area (Å²) in [5.74, 6) is 0.0280. The Balaban J connectivity index is 2.00. The Morgan fingerprint density at radius 3 is 2.40 bits per heavy atom. The average Bonchev–Trinajstić information content (AvgIpc) is 2.90. The van der Waals surface area contributed by atoms with Crippen LogP contribution in [0.2, 0.25) is 0 Å². The van der Waals surface area contributed by atoms with Gasteiger partial charge >= 0.3 is 0 Å².